The Kier molecular flexibility index (Phi) is 6.65. The number of anilines is 1. The summed E-state index contributed by atoms with van der Waals surface area (Å²) in [5.41, 5.74) is 1.04. The van der Waals surface area contributed by atoms with E-state index in [9.17, 15) is 18.5 Å². The third-order valence-corrected chi connectivity index (χ3v) is 7.02. The Morgan fingerprint density at radius 1 is 1.23 bits per heavy atom. The van der Waals surface area contributed by atoms with Crippen LogP contribution in [-0.4, -0.2) is 19.3 Å². The smallest absolute Gasteiger partial charge is 0.263 e. The Morgan fingerprint density at radius 2 is 1.94 bits per heavy atom. The minimum Gasteiger partial charge on any atom is -0.348 e. The molecule has 0 bridgehead atoms. The number of hydrogen-bond donors (Lipinski definition) is 2. The van der Waals surface area contributed by atoms with Crippen LogP contribution in [0.25, 0.3) is 0 Å². The van der Waals surface area contributed by atoms with Crippen molar-refractivity contribution in [3.8, 4) is 6.07 Å². The Balaban J connectivity index is 1.68. The zero-order valence-corrected chi connectivity index (χ0v) is 19.1. The first-order valence-corrected chi connectivity index (χ1v) is 11.9. The summed E-state index contributed by atoms with van der Waals surface area (Å²) in [6.07, 6.45) is 1.50. The molecule has 0 saturated carbocycles. The highest BCUT2D eigenvalue weighted by molar-refractivity contribution is 7.93. The minimum atomic E-state index is -3.78. The van der Waals surface area contributed by atoms with Crippen LogP contribution in [-0.2, 0) is 22.0 Å². The molecule has 1 amide bonds. The van der Waals surface area contributed by atoms with Crippen LogP contribution in [0.1, 0.15) is 35.3 Å². The molecule has 0 aliphatic rings. The molecule has 3 aromatic rings. The Hall–Kier alpha value is -2.93. The summed E-state index contributed by atoms with van der Waals surface area (Å²) < 4.78 is 27.1. The van der Waals surface area contributed by atoms with Gasteiger partial charge in [-0.25, -0.2) is 13.4 Å². The zero-order valence-electron chi connectivity index (χ0n) is 16.7. The number of thiazole rings is 1. The predicted molar refractivity (Wildman–Crippen MR) is 121 cm³/mol. The van der Waals surface area contributed by atoms with Gasteiger partial charge in [-0.3, -0.25) is 9.52 Å². The number of rotatable bonds is 7. The molecule has 160 valence electrons. The summed E-state index contributed by atoms with van der Waals surface area (Å²) in [5, 5.41) is 14.6. The van der Waals surface area contributed by atoms with E-state index in [1.165, 1.54) is 41.8 Å². The normalized spacial score (nSPS) is 11.5. The van der Waals surface area contributed by atoms with E-state index in [0.717, 1.165) is 5.56 Å². The van der Waals surface area contributed by atoms with E-state index in [-0.39, 0.29) is 22.5 Å². The first-order chi connectivity index (χ1) is 14.6. The Morgan fingerprint density at radius 3 is 2.55 bits per heavy atom. The SMILES string of the molecule is CC(C)(C#N)c1cc(CNC(=O)c2ccc(S(=O)(=O)Nc3nccs3)cc2)ccc1Cl. The second-order valence-electron chi connectivity index (χ2n) is 7.20. The van der Waals surface area contributed by atoms with Crippen molar-refractivity contribution in [1.29, 1.82) is 5.26 Å². The van der Waals surface area contributed by atoms with Crippen molar-refractivity contribution >= 4 is 44.0 Å². The number of nitrogens with zero attached hydrogens (tertiary/aromatic N) is 2. The van der Waals surface area contributed by atoms with Crippen molar-refractivity contribution in [2.45, 2.75) is 30.7 Å². The van der Waals surface area contributed by atoms with Crippen LogP contribution in [0.15, 0.2) is 58.9 Å². The van der Waals surface area contributed by atoms with Gasteiger partial charge in [0.25, 0.3) is 15.9 Å². The maximum absolute atomic E-state index is 12.5. The fraction of sp³-hybridized carbons (Fsp3) is 0.190. The van der Waals surface area contributed by atoms with Crippen LogP contribution in [0.5, 0.6) is 0 Å². The van der Waals surface area contributed by atoms with Gasteiger partial charge in [0.2, 0.25) is 0 Å². The van der Waals surface area contributed by atoms with Crippen LogP contribution in [0.3, 0.4) is 0 Å². The van der Waals surface area contributed by atoms with E-state index < -0.39 is 15.4 Å². The molecule has 10 heteroatoms. The lowest BCUT2D eigenvalue weighted by Gasteiger charge is -2.18. The number of halogens is 1. The van der Waals surface area contributed by atoms with Gasteiger partial charge in [0.1, 0.15) is 0 Å². The van der Waals surface area contributed by atoms with Gasteiger partial charge in [-0.2, -0.15) is 5.26 Å². The first kappa shape index (κ1) is 22.7. The van der Waals surface area contributed by atoms with Gasteiger partial charge in [0.05, 0.1) is 16.4 Å². The summed E-state index contributed by atoms with van der Waals surface area (Å²) in [4.78, 5) is 16.4. The number of sulfonamides is 1. The maximum Gasteiger partial charge on any atom is 0.263 e. The molecule has 1 heterocycles. The van der Waals surface area contributed by atoms with E-state index >= 15 is 0 Å². The second kappa shape index (κ2) is 9.06. The first-order valence-electron chi connectivity index (χ1n) is 9.13. The van der Waals surface area contributed by atoms with Gasteiger partial charge in [-0.15, -0.1) is 11.3 Å². The summed E-state index contributed by atoms with van der Waals surface area (Å²) in [6, 6.07) is 13.1. The number of aromatic nitrogens is 1. The third-order valence-electron chi connectivity index (χ3n) is 4.52. The van der Waals surface area contributed by atoms with Crippen molar-refractivity contribution in [3.05, 3.63) is 75.8 Å². The van der Waals surface area contributed by atoms with Gasteiger partial charge in [0.15, 0.2) is 5.13 Å². The fourth-order valence-corrected chi connectivity index (χ4v) is 4.88. The second-order valence-corrected chi connectivity index (χ2v) is 10.2. The van der Waals surface area contributed by atoms with Crippen molar-refractivity contribution in [3.63, 3.8) is 0 Å². The molecule has 0 fully saturated rings. The molecule has 7 nitrogen and oxygen atoms in total. The number of amides is 1. The van der Waals surface area contributed by atoms with Crippen molar-refractivity contribution in [2.75, 3.05) is 4.72 Å². The molecule has 0 atom stereocenters. The molecule has 2 N–H and O–H groups in total. The lowest BCUT2D eigenvalue weighted by molar-refractivity contribution is 0.0951. The van der Waals surface area contributed by atoms with Gasteiger partial charge in [0, 0.05) is 28.7 Å². The Labute approximate surface area is 189 Å². The number of carbonyl (C=O) groups is 1. The number of nitrogens with one attached hydrogen (secondary N) is 2. The number of hydrogen-bond acceptors (Lipinski definition) is 6. The van der Waals surface area contributed by atoms with Gasteiger partial charge in [-0.05, 0) is 55.3 Å². The number of nitriles is 1. The molecule has 0 saturated heterocycles. The highest BCUT2D eigenvalue weighted by Gasteiger charge is 2.23. The number of benzene rings is 2. The maximum atomic E-state index is 12.5. The monoisotopic (exact) mass is 474 g/mol. The van der Waals surface area contributed by atoms with E-state index in [2.05, 4.69) is 21.1 Å². The molecular formula is C21H19ClN4O3S2. The van der Waals surface area contributed by atoms with Gasteiger partial charge >= 0.3 is 0 Å². The summed E-state index contributed by atoms with van der Waals surface area (Å²) >= 11 is 7.39. The molecule has 1 aromatic heterocycles. The lowest BCUT2D eigenvalue weighted by atomic mass is 9.85. The highest BCUT2D eigenvalue weighted by Crippen LogP contribution is 2.30. The molecule has 0 aliphatic heterocycles. The zero-order chi connectivity index (χ0) is 22.6. The van der Waals surface area contributed by atoms with E-state index in [0.29, 0.717) is 16.1 Å². The highest BCUT2D eigenvalue weighted by atomic mass is 35.5. The predicted octanol–water partition coefficient (Wildman–Crippen LogP) is 4.33. The Bertz CT molecular complexity index is 1230. The molecule has 0 unspecified atom stereocenters. The third kappa shape index (κ3) is 5.41. The van der Waals surface area contributed by atoms with E-state index in [4.69, 9.17) is 11.6 Å². The van der Waals surface area contributed by atoms with Gasteiger partial charge < -0.3 is 5.32 Å². The fourth-order valence-electron chi connectivity index (χ4n) is 2.74. The van der Waals surface area contributed by atoms with Crippen molar-refractivity contribution in [1.82, 2.24) is 10.3 Å². The van der Waals surface area contributed by atoms with E-state index in [1.807, 2.05) is 0 Å². The summed E-state index contributed by atoms with van der Waals surface area (Å²) in [7, 11) is -3.78. The molecule has 2 aromatic carbocycles. The summed E-state index contributed by atoms with van der Waals surface area (Å²) in [6.45, 7) is 3.78. The summed E-state index contributed by atoms with van der Waals surface area (Å²) in [5.74, 6) is -0.354. The van der Waals surface area contributed by atoms with Crippen LogP contribution in [0, 0.1) is 11.3 Å². The van der Waals surface area contributed by atoms with Crippen LogP contribution < -0.4 is 10.0 Å². The molecule has 0 spiro atoms. The number of carbonyl (C=O) groups excluding carboxylic acids is 1. The van der Waals surface area contributed by atoms with Crippen LogP contribution in [0.4, 0.5) is 5.13 Å². The van der Waals surface area contributed by atoms with Gasteiger partial charge in [-0.1, -0.05) is 23.7 Å². The largest absolute Gasteiger partial charge is 0.348 e. The standard InChI is InChI=1S/C21H19ClN4O3S2/c1-21(2,13-23)17-11-14(3-8-18(17)22)12-25-19(27)15-4-6-16(7-5-15)31(28,29)26-20-24-9-10-30-20/h3-11H,12H2,1-2H3,(H,24,26)(H,25,27). The van der Waals surface area contributed by atoms with Crippen LogP contribution >= 0.6 is 22.9 Å². The van der Waals surface area contributed by atoms with E-state index in [1.54, 1.807) is 37.4 Å². The molecular weight excluding hydrogens is 456 g/mol. The van der Waals surface area contributed by atoms with Crippen molar-refractivity contribution in [2.24, 2.45) is 0 Å². The molecule has 3 rings (SSSR count). The topological polar surface area (TPSA) is 112 Å². The average Bonchev–Trinajstić information content (AvgIpc) is 3.25. The quantitative estimate of drug-likeness (QED) is 0.529. The van der Waals surface area contributed by atoms with Crippen molar-refractivity contribution < 1.29 is 13.2 Å². The minimum absolute atomic E-state index is 0.0281. The lowest BCUT2D eigenvalue weighted by Crippen LogP contribution is -2.23. The average molecular weight is 475 g/mol. The van der Waals surface area contributed by atoms with Crippen LogP contribution in [0.2, 0.25) is 5.02 Å². The molecule has 0 aliphatic carbocycles. The molecule has 31 heavy (non-hydrogen) atoms. The molecule has 0 radical (unpaired) electrons.